The van der Waals surface area contributed by atoms with Crippen molar-refractivity contribution in [3.05, 3.63) is 47.7 Å². The lowest BCUT2D eigenvalue weighted by Crippen LogP contribution is -2.31. The molecule has 4 rings (SSSR count). The van der Waals surface area contributed by atoms with Crippen LogP contribution in [0.5, 0.6) is 5.75 Å². The van der Waals surface area contributed by atoms with Gasteiger partial charge in [-0.25, -0.2) is 4.98 Å². The highest BCUT2D eigenvalue weighted by atomic mass is 16.4. The number of likely N-dealkylation sites (N-methyl/N-ethyl adjacent to an activating group) is 1. The number of nitrogens with zero attached hydrogens (tertiary/aromatic N) is 3. The molecule has 0 atom stereocenters. The van der Waals surface area contributed by atoms with Crippen molar-refractivity contribution in [1.82, 2.24) is 14.9 Å². The lowest BCUT2D eigenvalue weighted by molar-refractivity contribution is 0.279. The fraction of sp³-hybridized carbons (Fsp3) is 0.333. The molecule has 0 bridgehead atoms. The Kier molecular flexibility index (Phi) is 4.81. The predicted octanol–water partition coefficient (Wildman–Crippen LogP) is 4.32. The van der Waals surface area contributed by atoms with Gasteiger partial charge >= 0.3 is 6.01 Å². The SMILES string of the molecule is CCN1CCCC(=CNc2nc3nc(-c4c(C)cccc4O)ccc3o2)C1. The number of phenolic OH excluding ortho intramolecular Hbond substituents is 1. The van der Waals surface area contributed by atoms with Crippen LogP contribution in [-0.4, -0.2) is 39.6 Å². The maximum atomic E-state index is 10.2. The van der Waals surface area contributed by atoms with Crippen molar-refractivity contribution in [2.24, 2.45) is 0 Å². The third kappa shape index (κ3) is 3.66. The number of aryl methyl sites for hydroxylation is 1. The van der Waals surface area contributed by atoms with E-state index in [1.807, 2.05) is 37.4 Å². The number of pyridine rings is 1. The second-order valence-corrected chi connectivity index (χ2v) is 6.93. The van der Waals surface area contributed by atoms with Gasteiger partial charge in [-0.1, -0.05) is 19.1 Å². The molecule has 0 amide bonds. The van der Waals surface area contributed by atoms with Crippen molar-refractivity contribution < 1.29 is 9.52 Å². The van der Waals surface area contributed by atoms with Crippen LogP contribution in [0, 0.1) is 6.92 Å². The molecule has 0 spiro atoms. The molecule has 6 heteroatoms. The van der Waals surface area contributed by atoms with E-state index in [4.69, 9.17) is 4.42 Å². The summed E-state index contributed by atoms with van der Waals surface area (Å²) in [6.07, 6.45) is 4.28. The van der Waals surface area contributed by atoms with E-state index >= 15 is 0 Å². The lowest BCUT2D eigenvalue weighted by Gasteiger charge is -2.27. The molecule has 3 aromatic rings. The van der Waals surface area contributed by atoms with Gasteiger partial charge in [0, 0.05) is 18.3 Å². The Morgan fingerprint density at radius 1 is 1.26 bits per heavy atom. The standard InChI is InChI=1S/C21H24N4O2/c1-3-25-11-5-7-15(13-25)12-22-21-24-20-18(27-21)10-9-16(23-20)19-14(2)6-4-8-17(19)26/h4,6,8-10,12,26H,3,5,7,11,13H2,1-2H3,(H,22,23,24). The summed E-state index contributed by atoms with van der Waals surface area (Å²) in [6.45, 7) is 7.35. The summed E-state index contributed by atoms with van der Waals surface area (Å²) in [6, 6.07) is 9.56. The number of nitrogens with one attached hydrogen (secondary N) is 1. The summed E-state index contributed by atoms with van der Waals surface area (Å²) in [5.41, 5.74) is 4.86. The maximum absolute atomic E-state index is 10.2. The zero-order valence-corrected chi connectivity index (χ0v) is 15.7. The smallest absolute Gasteiger partial charge is 0.301 e. The summed E-state index contributed by atoms with van der Waals surface area (Å²) in [5.74, 6) is 0.214. The van der Waals surface area contributed by atoms with Crippen LogP contribution in [0.15, 0.2) is 46.5 Å². The van der Waals surface area contributed by atoms with Gasteiger partial charge in [0.1, 0.15) is 5.75 Å². The van der Waals surface area contributed by atoms with Crippen LogP contribution in [0.2, 0.25) is 0 Å². The average Bonchev–Trinajstić information content (AvgIpc) is 3.09. The first-order valence-corrected chi connectivity index (χ1v) is 9.37. The molecule has 0 aliphatic carbocycles. The molecule has 1 aliphatic rings. The Balaban J connectivity index is 1.58. The summed E-state index contributed by atoms with van der Waals surface area (Å²) < 4.78 is 5.76. The fourth-order valence-electron chi connectivity index (χ4n) is 3.53. The van der Waals surface area contributed by atoms with Crippen LogP contribution in [0.25, 0.3) is 22.5 Å². The van der Waals surface area contributed by atoms with Crippen molar-refractivity contribution in [2.45, 2.75) is 26.7 Å². The molecule has 1 saturated heterocycles. The lowest BCUT2D eigenvalue weighted by atomic mass is 10.0. The maximum Gasteiger partial charge on any atom is 0.301 e. The van der Waals surface area contributed by atoms with Crippen molar-refractivity contribution in [1.29, 1.82) is 0 Å². The van der Waals surface area contributed by atoms with Gasteiger partial charge in [0.25, 0.3) is 0 Å². The number of piperidine rings is 1. The number of anilines is 1. The van der Waals surface area contributed by atoms with Crippen molar-refractivity contribution in [3.63, 3.8) is 0 Å². The molecule has 6 nitrogen and oxygen atoms in total. The first-order valence-electron chi connectivity index (χ1n) is 9.37. The first kappa shape index (κ1) is 17.5. The van der Waals surface area contributed by atoms with E-state index in [0.29, 0.717) is 22.9 Å². The molecule has 1 fully saturated rings. The highest BCUT2D eigenvalue weighted by Crippen LogP contribution is 2.32. The zero-order chi connectivity index (χ0) is 18.8. The summed E-state index contributed by atoms with van der Waals surface area (Å²) >= 11 is 0. The summed E-state index contributed by atoms with van der Waals surface area (Å²) in [4.78, 5) is 11.4. The molecule has 1 aromatic carbocycles. The molecule has 2 aromatic heterocycles. The van der Waals surface area contributed by atoms with Crippen LogP contribution in [-0.2, 0) is 0 Å². The average molecular weight is 364 g/mol. The summed E-state index contributed by atoms with van der Waals surface area (Å²) in [5, 5.41) is 13.4. The number of aromatic hydroxyl groups is 1. The van der Waals surface area contributed by atoms with E-state index in [1.54, 1.807) is 6.07 Å². The van der Waals surface area contributed by atoms with Gasteiger partial charge < -0.3 is 14.8 Å². The van der Waals surface area contributed by atoms with Gasteiger partial charge in [0.15, 0.2) is 5.58 Å². The van der Waals surface area contributed by atoms with Crippen molar-refractivity contribution in [2.75, 3.05) is 25.0 Å². The van der Waals surface area contributed by atoms with Crippen LogP contribution >= 0.6 is 0 Å². The van der Waals surface area contributed by atoms with E-state index in [-0.39, 0.29) is 5.75 Å². The number of hydrogen-bond donors (Lipinski definition) is 2. The third-order valence-electron chi connectivity index (χ3n) is 5.01. The number of phenols is 1. The Bertz CT molecular complexity index is 973. The van der Waals surface area contributed by atoms with Crippen LogP contribution < -0.4 is 5.32 Å². The molecular weight excluding hydrogens is 340 g/mol. The minimum Gasteiger partial charge on any atom is -0.507 e. The fourth-order valence-corrected chi connectivity index (χ4v) is 3.53. The minimum absolute atomic E-state index is 0.214. The molecule has 0 saturated carbocycles. The molecule has 27 heavy (non-hydrogen) atoms. The Morgan fingerprint density at radius 3 is 2.96 bits per heavy atom. The highest BCUT2D eigenvalue weighted by molar-refractivity contribution is 5.78. The Morgan fingerprint density at radius 2 is 2.15 bits per heavy atom. The third-order valence-corrected chi connectivity index (χ3v) is 5.01. The second kappa shape index (κ2) is 7.40. The minimum atomic E-state index is 0.214. The number of benzene rings is 1. The molecular formula is C21H24N4O2. The topological polar surface area (TPSA) is 74.4 Å². The first-order chi connectivity index (χ1) is 13.1. The second-order valence-electron chi connectivity index (χ2n) is 6.93. The van der Waals surface area contributed by atoms with Crippen LogP contribution in [0.1, 0.15) is 25.3 Å². The molecule has 2 N–H and O–H groups in total. The van der Waals surface area contributed by atoms with E-state index < -0.39 is 0 Å². The number of aromatic nitrogens is 2. The molecule has 0 unspecified atom stereocenters. The van der Waals surface area contributed by atoms with Crippen LogP contribution in [0.3, 0.4) is 0 Å². The number of hydrogen-bond acceptors (Lipinski definition) is 6. The molecule has 140 valence electrons. The molecule has 0 radical (unpaired) electrons. The molecule has 1 aliphatic heterocycles. The number of oxazole rings is 1. The van der Waals surface area contributed by atoms with Crippen LogP contribution in [0.4, 0.5) is 6.01 Å². The van der Waals surface area contributed by atoms with E-state index in [9.17, 15) is 5.11 Å². The van der Waals surface area contributed by atoms with Crippen molar-refractivity contribution in [3.8, 4) is 17.0 Å². The zero-order valence-electron chi connectivity index (χ0n) is 15.7. The highest BCUT2D eigenvalue weighted by Gasteiger charge is 2.14. The van der Waals surface area contributed by atoms with Gasteiger partial charge in [-0.15, -0.1) is 0 Å². The number of rotatable bonds is 4. The monoisotopic (exact) mass is 364 g/mol. The Hall–Kier alpha value is -2.86. The van der Waals surface area contributed by atoms with Gasteiger partial charge in [0.2, 0.25) is 5.65 Å². The van der Waals surface area contributed by atoms with Crippen molar-refractivity contribution >= 4 is 17.2 Å². The van der Waals surface area contributed by atoms with E-state index in [1.165, 1.54) is 12.0 Å². The Labute approximate surface area is 158 Å². The predicted molar refractivity (Wildman–Crippen MR) is 107 cm³/mol. The van der Waals surface area contributed by atoms with Gasteiger partial charge in [-0.3, -0.25) is 4.90 Å². The summed E-state index contributed by atoms with van der Waals surface area (Å²) in [7, 11) is 0. The number of fused-ring (bicyclic) bond motifs is 1. The quantitative estimate of drug-likeness (QED) is 0.718. The normalized spacial score (nSPS) is 16.9. The van der Waals surface area contributed by atoms with E-state index in [2.05, 4.69) is 27.1 Å². The number of likely N-dealkylation sites (tertiary alicyclic amines) is 1. The van der Waals surface area contributed by atoms with Gasteiger partial charge in [0.05, 0.1) is 5.69 Å². The molecule has 3 heterocycles. The van der Waals surface area contributed by atoms with Gasteiger partial charge in [-0.2, -0.15) is 4.98 Å². The van der Waals surface area contributed by atoms with Gasteiger partial charge in [-0.05, 0) is 62.2 Å². The largest absolute Gasteiger partial charge is 0.507 e. The van der Waals surface area contributed by atoms with E-state index in [0.717, 1.165) is 37.2 Å².